The van der Waals surface area contributed by atoms with Crippen LogP contribution in [0.2, 0.25) is 0 Å². The van der Waals surface area contributed by atoms with Crippen molar-refractivity contribution < 1.29 is 14.9 Å². The van der Waals surface area contributed by atoms with E-state index in [2.05, 4.69) is 26.8 Å². The molecule has 1 saturated heterocycles. The van der Waals surface area contributed by atoms with Crippen molar-refractivity contribution in [3.8, 4) is 11.8 Å². The highest BCUT2D eigenvalue weighted by molar-refractivity contribution is 5.81. The Morgan fingerprint density at radius 2 is 2.14 bits per heavy atom. The molecule has 2 aromatic rings. The quantitative estimate of drug-likeness (QED) is 0.646. The van der Waals surface area contributed by atoms with Crippen LogP contribution >= 0.6 is 0 Å². The molecule has 1 fully saturated rings. The number of aliphatic hydroxyl groups is 2. The fourth-order valence-electron chi connectivity index (χ4n) is 2.36. The van der Waals surface area contributed by atoms with Crippen molar-refractivity contribution >= 4 is 17.0 Å². The summed E-state index contributed by atoms with van der Waals surface area (Å²) in [6, 6.07) is 0. The third-order valence-electron chi connectivity index (χ3n) is 3.45. The second-order valence-corrected chi connectivity index (χ2v) is 4.81. The number of imidazole rings is 1. The van der Waals surface area contributed by atoms with Crippen LogP contribution in [0.1, 0.15) is 13.2 Å². The lowest BCUT2D eigenvalue weighted by atomic mass is 10.1. The van der Waals surface area contributed by atoms with Gasteiger partial charge in [0.2, 0.25) is 0 Å². The average Bonchev–Trinajstić information content (AvgIpc) is 3.05. The van der Waals surface area contributed by atoms with Crippen LogP contribution in [-0.2, 0) is 4.74 Å². The molecule has 0 saturated carbocycles. The highest BCUT2D eigenvalue weighted by atomic mass is 16.6. The SMILES string of the molecule is CC#CC=C[C@H]1O[C@@H](n2cnc3c(N)ncnc32)[C@H](O)[C@@H]1O. The fraction of sp³-hybridized carbons (Fsp3) is 0.357. The number of anilines is 1. The molecule has 8 nitrogen and oxygen atoms in total. The van der Waals surface area contributed by atoms with Crippen molar-refractivity contribution in [2.75, 3.05) is 5.73 Å². The molecule has 0 unspecified atom stereocenters. The molecule has 2 aromatic heterocycles. The number of ether oxygens (including phenoxy) is 1. The Morgan fingerprint density at radius 3 is 2.91 bits per heavy atom. The Bertz CT molecular complexity index is 776. The molecule has 0 aliphatic carbocycles. The van der Waals surface area contributed by atoms with E-state index in [-0.39, 0.29) is 5.82 Å². The first kappa shape index (κ1) is 14.5. The van der Waals surface area contributed by atoms with E-state index in [1.165, 1.54) is 17.2 Å². The van der Waals surface area contributed by atoms with Gasteiger partial charge in [-0.25, -0.2) is 15.0 Å². The zero-order valence-electron chi connectivity index (χ0n) is 11.8. The first-order valence-corrected chi connectivity index (χ1v) is 6.67. The van der Waals surface area contributed by atoms with Gasteiger partial charge in [-0.3, -0.25) is 4.57 Å². The van der Waals surface area contributed by atoms with E-state index >= 15 is 0 Å². The summed E-state index contributed by atoms with van der Waals surface area (Å²) in [4.78, 5) is 12.1. The summed E-state index contributed by atoms with van der Waals surface area (Å²) in [5, 5.41) is 20.3. The van der Waals surface area contributed by atoms with Crippen molar-refractivity contribution in [2.24, 2.45) is 0 Å². The maximum Gasteiger partial charge on any atom is 0.167 e. The number of allylic oxidation sites excluding steroid dienone is 1. The zero-order valence-corrected chi connectivity index (χ0v) is 11.8. The van der Waals surface area contributed by atoms with Gasteiger partial charge in [0.1, 0.15) is 30.2 Å². The van der Waals surface area contributed by atoms with Crippen molar-refractivity contribution in [2.45, 2.75) is 31.5 Å². The number of nitrogens with zero attached hydrogens (tertiary/aromatic N) is 4. The minimum absolute atomic E-state index is 0.242. The van der Waals surface area contributed by atoms with E-state index in [4.69, 9.17) is 10.5 Å². The fourth-order valence-corrected chi connectivity index (χ4v) is 2.36. The summed E-state index contributed by atoms with van der Waals surface area (Å²) in [5.41, 5.74) is 6.58. The number of fused-ring (bicyclic) bond motifs is 1. The Balaban J connectivity index is 1.93. The maximum atomic E-state index is 10.2. The minimum Gasteiger partial charge on any atom is -0.387 e. The third kappa shape index (κ3) is 2.31. The van der Waals surface area contributed by atoms with E-state index in [9.17, 15) is 10.2 Å². The normalized spacial score (nSPS) is 28.1. The monoisotopic (exact) mass is 301 g/mol. The highest BCUT2D eigenvalue weighted by Crippen LogP contribution is 2.32. The lowest BCUT2D eigenvalue weighted by molar-refractivity contribution is -0.0244. The molecule has 4 N–H and O–H groups in total. The summed E-state index contributed by atoms with van der Waals surface area (Å²) in [6.45, 7) is 1.70. The molecule has 4 atom stereocenters. The van der Waals surface area contributed by atoms with E-state index in [1.807, 2.05) is 0 Å². The molecule has 1 aliphatic rings. The highest BCUT2D eigenvalue weighted by Gasteiger charge is 2.43. The molecule has 0 aromatic carbocycles. The van der Waals surface area contributed by atoms with E-state index in [0.717, 1.165) is 0 Å². The van der Waals surface area contributed by atoms with Crippen LogP contribution in [0.25, 0.3) is 11.2 Å². The standard InChI is InChI=1S/C14H15N5O3/c1-2-3-4-5-8-10(20)11(21)14(22-8)19-7-18-9-12(15)16-6-17-13(9)19/h4-8,10-11,14,20-21H,1H3,(H2,15,16,17)/t8-,10-,11-,14-/m1/s1. The Kier molecular flexibility index (Phi) is 3.77. The van der Waals surface area contributed by atoms with Gasteiger partial charge in [0.05, 0.1) is 6.33 Å². The molecule has 114 valence electrons. The van der Waals surface area contributed by atoms with Crippen LogP contribution in [-0.4, -0.2) is 48.0 Å². The summed E-state index contributed by atoms with van der Waals surface area (Å²) in [6.07, 6.45) is 2.25. The summed E-state index contributed by atoms with van der Waals surface area (Å²) < 4.78 is 7.22. The number of rotatable bonds is 2. The number of nitrogen functional groups attached to an aromatic ring is 1. The van der Waals surface area contributed by atoms with Gasteiger partial charge in [-0.2, -0.15) is 0 Å². The van der Waals surface area contributed by atoms with Crippen LogP contribution < -0.4 is 5.73 Å². The average molecular weight is 301 g/mol. The zero-order chi connectivity index (χ0) is 15.7. The van der Waals surface area contributed by atoms with E-state index < -0.39 is 24.5 Å². The van der Waals surface area contributed by atoms with Crippen molar-refractivity contribution in [3.05, 3.63) is 24.8 Å². The molecule has 0 bridgehead atoms. The van der Waals surface area contributed by atoms with Crippen molar-refractivity contribution in [1.29, 1.82) is 0 Å². The summed E-state index contributed by atoms with van der Waals surface area (Å²) in [7, 11) is 0. The number of nitrogens with two attached hydrogens (primary N) is 1. The van der Waals surface area contributed by atoms with Crippen molar-refractivity contribution in [1.82, 2.24) is 19.5 Å². The number of hydrogen-bond acceptors (Lipinski definition) is 7. The van der Waals surface area contributed by atoms with Crippen molar-refractivity contribution in [3.63, 3.8) is 0 Å². The van der Waals surface area contributed by atoms with Gasteiger partial charge in [0, 0.05) is 0 Å². The lowest BCUT2D eigenvalue weighted by Gasteiger charge is -2.16. The van der Waals surface area contributed by atoms with Gasteiger partial charge >= 0.3 is 0 Å². The molecule has 3 heterocycles. The molecule has 1 aliphatic heterocycles. The molecule has 0 spiro atoms. The van der Waals surface area contributed by atoms with Gasteiger partial charge in [0.15, 0.2) is 17.7 Å². The van der Waals surface area contributed by atoms with Crippen LogP contribution in [0.5, 0.6) is 0 Å². The van der Waals surface area contributed by atoms with E-state index in [1.54, 1.807) is 19.1 Å². The number of aliphatic hydroxyl groups excluding tert-OH is 2. The topological polar surface area (TPSA) is 119 Å². The largest absolute Gasteiger partial charge is 0.387 e. The molecular weight excluding hydrogens is 286 g/mol. The van der Waals surface area contributed by atoms with E-state index in [0.29, 0.717) is 11.2 Å². The number of hydrogen-bond donors (Lipinski definition) is 3. The van der Waals surface area contributed by atoms with Gasteiger partial charge in [-0.05, 0) is 19.1 Å². The van der Waals surface area contributed by atoms with Crippen LogP contribution in [0.3, 0.4) is 0 Å². The van der Waals surface area contributed by atoms with Gasteiger partial charge in [0.25, 0.3) is 0 Å². The summed E-state index contributed by atoms with van der Waals surface area (Å²) in [5.74, 6) is 5.68. The first-order chi connectivity index (χ1) is 10.6. The first-order valence-electron chi connectivity index (χ1n) is 6.67. The molecular formula is C14H15N5O3. The second kappa shape index (κ2) is 5.73. The lowest BCUT2D eigenvalue weighted by Crippen LogP contribution is -2.30. The molecule has 8 heteroatoms. The molecule has 0 amide bonds. The molecule has 0 radical (unpaired) electrons. The Labute approximate surface area is 126 Å². The predicted octanol–water partition coefficient (Wildman–Crippen LogP) is -0.393. The molecule has 22 heavy (non-hydrogen) atoms. The maximum absolute atomic E-state index is 10.2. The summed E-state index contributed by atoms with van der Waals surface area (Å²) >= 11 is 0. The minimum atomic E-state index is -1.13. The van der Waals surface area contributed by atoms with Crippen LogP contribution in [0.4, 0.5) is 5.82 Å². The Morgan fingerprint density at radius 1 is 1.32 bits per heavy atom. The predicted molar refractivity (Wildman–Crippen MR) is 78.2 cm³/mol. The van der Waals surface area contributed by atoms with Crippen LogP contribution in [0, 0.1) is 11.8 Å². The van der Waals surface area contributed by atoms with Crippen LogP contribution in [0.15, 0.2) is 24.8 Å². The second-order valence-electron chi connectivity index (χ2n) is 4.81. The van der Waals surface area contributed by atoms with Gasteiger partial charge in [-0.1, -0.05) is 5.92 Å². The van der Waals surface area contributed by atoms with Gasteiger partial charge in [-0.15, -0.1) is 5.92 Å². The van der Waals surface area contributed by atoms with Gasteiger partial charge < -0.3 is 20.7 Å². The molecule has 3 rings (SSSR count). The Hall–Kier alpha value is -2.47. The third-order valence-corrected chi connectivity index (χ3v) is 3.45. The smallest absolute Gasteiger partial charge is 0.167 e. The number of aromatic nitrogens is 4.